The molecule has 1 N–H and O–H groups in total. The van der Waals surface area contributed by atoms with E-state index in [9.17, 15) is 8.42 Å². The fourth-order valence-electron chi connectivity index (χ4n) is 1.34. The lowest BCUT2D eigenvalue weighted by Gasteiger charge is -2.15. The van der Waals surface area contributed by atoms with Crippen molar-refractivity contribution < 1.29 is 8.42 Å². The fourth-order valence-corrected chi connectivity index (χ4v) is 1.85. The van der Waals surface area contributed by atoms with Gasteiger partial charge < -0.3 is 10.2 Å². The third-order valence-electron chi connectivity index (χ3n) is 2.46. The second-order valence-corrected chi connectivity index (χ2v) is 6.35. The van der Waals surface area contributed by atoms with Crippen LogP contribution in [0.4, 0.5) is 0 Å². The van der Waals surface area contributed by atoms with Crippen LogP contribution >= 0.6 is 0 Å². The fraction of sp³-hybridized carbons (Fsp3) is 1.00. The third kappa shape index (κ3) is 5.57. The number of sulfone groups is 1. The van der Waals surface area contributed by atoms with Crippen LogP contribution in [0.25, 0.3) is 0 Å². The minimum atomic E-state index is -2.80. The number of hydrogen-bond acceptors (Lipinski definition) is 4. The van der Waals surface area contributed by atoms with E-state index >= 15 is 0 Å². The summed E-state index contributed by atoms with van der Waals surface area (Å²) in [6, 6.07) is 0.784. The molecule has 0 aromatic rings. The Kier molecular flexibility index (Phi) is 4.34. The summed E-state index contributed by atoms with van der Waals surface area (Å²) in [5, 5.41) is 3.13. The molecule has 1 saturated carbocycles. The van der Waals surface area contributed by atoms with Gasteiger partial charge in [-0.3, -0.25) is 0 Å². The largest absolute Gasteiger partial charge is 0.314 e. The first-order chi connectivity index (χ1) is 6.49. The highest BCUT2D eigenvalue weighted by atomic mass is 32.2. The van der Waals surface area contributed by atoms with Crippen LogP contribution in [0.3, 0.4) is 0 Å². The summed E-state index contributed by atoms with van der Waals surface area (Å²) in [6.45, 7) is 2.45. The topological polar surface area (TPSA) is 49.4 Å². The van der Waals surface area contributed by atoms with Gasteiger partial charge in [0.25, 0.3) is 0 Å². The highest BCUT2D eigenvalue weighted by Crippen LogP contribution is 2.24. The summed E-state index contributed by atoms with van der Waals surface area (Å²) in [7, 11) is -0.684. The summed E-state index contributed by atoms with van der Waals surface area (Å²) in [5.41, 5.74) is 0. The zero-order chi connectivity index (χ0) is 10.6. The first-order valence-electron chi connectivity index (χ1n) is 5.08. The van der Waals surface area contributed by atoms with Crippen LogP contribution in [-0.2, 0) is 9.84 Å². The van der Waals surface area contributed by atoms with Crippen LogP contribution in [0.2, 0.25) is 0 Å². The summed E-state index contributed by atoms with van der Waals surface area (Å²) >= 11 is 0. The number of hydrogen-bond donors (Lipinski definition) is 1. The minimum absolute atomic E-state index is 0.236. The van der Waals surface area contributed by atoms with Gasteiger partial charge in [0.05, 0.1) is 5.75 Å². The minimum Gasteiger partial charge on any atom is -0.314 e. The molecule has 0 unspecified atom stereocenters. The summed E-state index contributed by atoms with van der Waals surface area (Å²) in [6.07, 6.45) is 3.91. The molecule has 0 amide bonds. The highest BCUT2D eigenvalue weighted by molar-refractivity contribution is 7.90. The number of rotatable bonds is 7. The Bertz CT molecular complexity index is 260. The maximum Gasteiger partial charge on any atom is 0.148 e. The van der Waals surface area contributed by atoms with E-state index in [-0.39, 0.29) is 5.75 Å². The standard InChI is InChI=1S/C9H20N2O2S/c1-11(9-3-4-9)7-5-10-6-8-14(2,12)13/h9-10H,3-8H2,1-2H3. The Morgan fingerprint density at radius 3 is 2.50 bits per heavy atom. The molecular weight excluding hydrogens is 200 g/mol. The molecule has 0 spiro atoms. The molecule has 4 nitrogen and oxygen atoms in total. The van der Waals surface area contributed by atoms with Crippen molar-refractivity contribution in [3.63, 3.8) is 0 Å². The number of nitrogens with zero attached hydrogens (tertiary/aromatic N) is 1. The molecule has 5 heteroatoms. The normalized spacial score (nSPS) is 17.6. The van der Waals surface area contributed by atoms with Crippen molar-refractivity contribution in [3.05, 3.63) is 0 Å². The van der Waals surface area contributed by atoms with Gasteiger partial charge in [0.15, 0.2) is 0 Å². The number of likely N-dealkylation sites (N-methyl/N-ethyl adjacent to an activating group) is 1. The molecular formula is C9H20N2O2S. The highest BCUT2D eigenvalue weighted by Gasteiger charge is 2.25. The number of nitrogens with one attached hydrogen (secondary N) is 1. The van der Waals surface area contributed by atoms with Crippen molar-refractivity contribution in [1.82, 2.24) is 10.2 Å². The Balaban J connectivity index is 1.93. The predicted molar refractivity (Wildman–Crippen MR) is 58.2 cm³/mol. The molecule has 1 rings (SSSR count). The van der Waals surface area contributed by atoms with Gasteiger partial charge in [-0.1, -0.05) is 0 Å². The Morgan fingerprint density at radius 2 is 2.00 bits per heavy atom. The van der Waals surface area contributed by atoms with Crippen LogP contribution in [0.15, 0.2) is 0 Å². The molecule has 0 bridgehead atoms. The Morgan fingerprint density at radius 1 is 1.36 bits per heavy atom. The van der Waals surface area contributed by atoms with E-state index in [2.05, 4.69) is 17.3 Å². The molecule has 0 atom stereocenters. The quantitative estimate of drug-likeness (QED) is 0.599. The van der Waals surface area contributed by atoms with Gasteiger partial charge in [0.1, 0.15) is 9.84 Å². The lowest BCUT2D eigenvalue weighted by atomic mass is 10.5. The molecule has 1 aliphatic carbocycles. The van der Waals surface area contributed by atoms with Crippen molar-refractivity contribution in [2.45, 2.75) is 18.9 Å². The van der Waals surface area contributed by atoms with Gasteiger partial charge in [-0.25, -0.2) is 8.42 Å². The van der Waals surface area contributed by atoms with Crippen LogP contribution in [-0.4, -0.2) is 58.1 Å². The predicted octanol–water partition coefficient (Wildman–Crippen LogP) is -0.285. The maximum atomic E-state index is 10.8. The Hall–Kier alpha value is -0.130. The molecule has 0 heterocycles. The lowest BCUT2D eigenvalue weighted by Crippen LogP contribution is -2.32. The van der Waals surface area contributed by atoms with E-state index in [1.54, 1.807) is 0 Å². The van der Waals surface area contributed by atoms with Gasteiger partial charge in [-0.2, -0.15) is 0 Å². The third-order valence-corrected chi connectivity index (χ3v) is 3.41. The van der Waals surface area contributed by atoms with Crippen molar-refractivity contribution >= 4 is 9.84 Å². The van der Waals surface area contributed by atoms with Gasteiger partial charge >= 0.3 is 0 Å². The molecule has 0 aromatic heterocycles. The molecule has 1 aliphatic rings. The average molecular weight is 220 g/mol. The van der Waals surface area contributed by atoms with Crippen molar-refractivity contribution in [3.8, 4) is 0 Å². The van der Waals surface area contributed by atoms with E-state index in [1.165, 1.54) is 19.1 Å². The van der Waals surface area contributed by atoms with Gasteiger partial charge in [0, 0.05) is 31.9 Å². The molecule has 14 heavy (non-hydrogen) atoms. The first-order valence-corrected chi connectivity index (χ1v) is 7.14. The molecule has 1 fully saturated rings. The van der Waals surface area contributed by atoms with Gasteiger partial charge in [-0.15, -0.1) is 0 Å². The van der Waals surface area contributed by atoms with Crippen LogP contribution < -0.4 is 5.32 Å². The van der Waals surface area contributed by atoms with Crippen LogP contribution in [0, 0.1) is 0 Å². The van der Waals surface area contributed by atoms with Crippen molar-refractivity contribution in [2.75, 3.05) is 38.7 Å². The summed E-state index contributed by atoms with van der Waals surface area (Å²) in [5.74, 6) is 0.236. The van der Waals surface area contributed by atoms with E-state index in [4.69, 9.17) is 0 Å². The molecule has 0 aliphatic heterocycles. The van der Waals surface area contributed by atoms with Gasteiger partial charge in [-0.05, 0) is 19.9 Å². The molecule has 84 valence electrons. The van der Waals surface area contributed by atoms with E-state index in [1.807, 2.05) is 0 Å². The Labute approximate surface area is 86.6 Å². The first kappa shape index (κ1) is 11.9. The summed E-state index contributed by atoms with van der Waals surface area (Å²) in [4.78, 5) is 2.33. The van der Waals surface area contributed by atoms with Crippen molar-refractivity contribution in [1.29, 1.82) is 0 Å². The van der Waals surface area contributed by atoms with E-state index < -0.39 is 9.84 Å². The van der Waals surface area contributed by atoms with E-state index in [0.29, 0.717) is 6.54 Å². The second-order valence-electron chi connectivity index (χ2n) is 4.09. The monoisotopic (exact) mass is 220 g/mol. The van der Waals surface area contributed by atoms with Crippen molar-refractivity contribution in [2.24, 2.45) is 0 Å². The van der Waals surface area contributed by atoms with Crippen LogP contribution in [0.5, 0.6) is 0 Å². The second kappa shape index (κ2) is 5.09. The lowest BCUT2D eigenvalue weighted by molar-refractivity contribution is 0.323. The van der Waals surface area contributed by atoms with Gasteiger partial charge in [0.2, 0.25) is 0 Å². The molecule has 0 radical (unpaired) electrons. The molecule has 0 aromatic carbocycles. The smallest absolute Gasteiger partial charge is 0.148 e. The molecule has 0 saturated heterocycles. The average Bonchev–Trinajstić information content (AvgIpc) is 2.83. The summed E-state index contributed by atoms with van der Waals surface area (Å²) < 4.78 is 21.6. The maximum absolute atomic E-state index is 10.8. The van der Waals surface area contributed by atoms with E-state index in [0.717, 1.165) is 19.1 Å². The zero-order valence-electron chi connectivity index (χ0n) is 8.99. The SMILES string of the molecule is CN(CCNCCS(C)(=O)=O)C1CC1. The zero-order valence-corrected chi connectivity index (χ0v) is 9.81. The van der Waals surface area contributed by atoms with Crippen LogP contribution in [0.1, 0.15) is 12.8 Å².